The lowest BCUT2D eigenvalue weighted by molar-refractivity contribution is 0.0985. The first-order valence-electron chi connectivity index (χ1n) is 11.4. The normalized spacial score (nSPS) is 10.6. The van der Waals surface area contributed by atoms with E-state index in [0.29, 0.717) is 41.5 Å². The van der Waals surface area contributed by atoms with Gasteiger partial charge in [-0.15, -0.1) is 10.2 Å². The molecule has 0 bridgehead atoms. The Morgan fingerprint density at radius 2 is 1.73 bits per heavy atom. The predicted molar refractivity (Wildman–Crippen MR) is 137 cm³/mol. The number of aromatic nitrogens is 5. The van der Waals surface area contributed by atoms with Crippen LogP contribution in [0, 0.1) is 0 Å². The summed E-state index contributed by atoms with van der Waals surface area (Å²) in [6, 6.07) is 17.3. The first-order chi connectivity index (χ1) is 18.0. The molecule has 0 saturated carbocycles. The standard InChI is InChI=1S/C25H24ClN7O4/c26-20-15-19(16-23(17-20)37-14-13-32(25(35)36)22-7-9-27-10-8-22)24(34)31(21-5-2-1-3-6-21)11-4-12-33-29-18-28-30-33/h1-3,5-10,15-18H,4,11-14H2,(H,35,36). The molecule has 4 rings (SSSR count). The van der Waals surface area contributed by atoms with Gasteiger partial charge in [0.2, 0.25) is 0 Å². The van der Waals surface area contributed by atoms with Crippen molar-refractivity contribution >= 4 is 35.0 Å². The zero-order valence-electron chi connectivity index (χ0n) is 19.7. The number of hydrogen-bond donors (Lipinski definition) is 1. The minimum Gasteiger partial charge on any atom is -0.492 e. The minimum atomic E-state index is -1.11. The molecule has 0 radical (unpaired) electrons. The number of carbonyl (C=O) groups excluding carboxylic acids is 1. The Morgan fingerprint density at radius 1 is 0.973 bits per heavy atom. The van der Waals surface area contributed by atoms with Gasteiger partial charge in [-0.25, -0.2) is 4.79 Å². The lowest BCUT2D eigenvalue weighted by Crippen LogP contribution is -2.33. The van der Waals surface area contributed by atoms with Crippen molar-refractivity contribution in [2.75, 3.05) is 29.5 Å². The number of pyridine rings is 1. The maximum absolute atomic E-state index is 13.6. The van der Waals surface area contributed by atoms with Gasteiger partial charge in [0, 0.05) is 35.2 Å². The number of anilines is 2. The summed E-state index contributed by atoms with van der Waals surface area (Å²) in [6.07, 6.45) is 3.88. The number of aryl methyl sites for hydroxylation is 1. The third kappa shape index (κ3) is 7.01. The third-order valence-electron chi connectivity index (χ3n) is 5.35. The molecule has 0 saturated heterocycles. The highest BCUT2D eigenvalue weighted by atomic mass is 35.5. The summed E-state index contributed by atoms with van der Waals surface area (Å²) in [5, 5.41) is 21.4. The Hall–Kier alpha value is -4.51. The molecule has 2 aromatic carbocycles. The Kier molecular flexibility index (Phi) is 8.61. The monoisotopic (exact) mass is 521 g/mol. The van der Waals surface area contributed by atoms with E-state index in [2.05, 4.69) is 20.4 Å². The summed E-state index contributed by atoms with van der Waals surface area (Å²) in [4.78, 5) is 33.4. The molecule has 0 aliphatic carbocycles. The first-order valence-corrected chi connectivity index (χ1v) is 11.8. The van der Waals surface area contributed by atoms with E-state index in [1.807, 2.05) is 30.3 Å². The van der Waals surface area contributed by atoms with E-state index in [9.17, 15) is 14.7 Å². The molecule has 2 aromatic heterocycles. The van der Waals surface area contributed by atoms with E-state index in [-0.39, 0.29) is 19.1 Å². The topological polar surface area (TPSA) is 127 Å². The molecule has 11 nitrogen and oxygen atoms in total. The highest BCUT2D eigenvalue weighted by Gasteiger charge is 2.20. The van der Waals surface area contributed by atoms with Crippen LogP contribution in [0.1, 0.15) is 16.8 Å². The number of rotatable bonds is 11. The number of hydrogen-bond acceptors (Lipinski definition) is 7. The molecule has 0 unspecified atom stereocenters. The maximum Gasteiger partial charge on any atom is 0.411 e. The van der Waals surface area contributed by atoms with E-state index in [0.717, 1.165) is 10.6 Å². The van der Waals surface area contributed by atoms with Crippen molar-refractivity contribution in [1.82, 2.24) is 25.2 Å². The molecule has 2 amide bonds. The molecule has 37 heavy (non-hydrogen) atoms. The second-order valence-electron chi connectivity index (χ2n) is 7.84. The largest absolute Gasteiger partial charge is 0.492 e. The zero-order valence-corrected chi connectivity index (χ0v) is 20.5. The van der Waals surface area contributed by atoms with Gasteiger partial charge in [0.1, 0.15) is 12.4 Å². The number of carbonyl (C=O) groups is 2. The molecule has 4 aromatic rings. The van der Waals surface area contributed by atoms with Gasteiger partial charge in [-0.3, -0.25) is 14.7 Å². The summed E-state index contributed by atoms with van der Waals surface area (Å²) in [5.41, 5.74) is 1.55. The fourth-order valence-corrected chi connectivity index (χ4v) is 3.88. The van der Waals surface area contributed by atoms with Gasteiger partial charge >= 0.3 is 6.09 Å². The number of carboxylic acid groups (broad SMARTS) is 1. The van der Waals surface area contributed by atoms with Crippen molar-refractivity contribution in [2.45, 2.75) is 13.0 Å². The number of para-hydroxylation sites is 1. The van der Waals surface area contributed by atoms with Crippen molar-refractivity contribution in [3.05, 3.63) is 90.0 Å². The van der Waals surface area contributed by atoms with Crippen LogP contribution >= 0.6 is 11.6 Å². The van der Waals surface area contributed by atoms with E-state index >= 15 is 0 Å². The van der Waals surface area contributed by atoms with Crippen LogP contribution < -0.4 is 14.5 Å². The van der Waals surface area contributed by atoms with Gasteiger partial charge in [0.25, 0.3) is 5.91 Å². The van der Waals surface area contributed by atoms with Gasteiger partial charge in [0.15, 0.2) is 6.33 Å². The molecule has 0 fully saturated rings. The third-order valence-corrected chi connectivity index (χ3v) is 5.57. The van der Waals surface area contributed by atoms with Crippen molar-refractivity contribution in [3.63, 3.8) is 0 Å². The fourth-order valence-electron chi connectivity index (χ4n) is 3.66. The average Bonchev–Trinajstić information content (AvgIpc) is 3.43. The van der Waals surface area contributed by atoms with Crippen LogP contribution in [0.25, 0.3) is 0 Å². The van der Waals surface area contributed by atoms with Gasteiger partial charge in [-0.1, -0.05) is 29.8 Å². The number of tetrazole rings is 1. The average molecular weight is 522 g/mol. The lowest BCUT2D eigenvalue weighted by atomic mass is 10.1. The molecule has 12 heteroatoms. The Balaban J connectivity index is 1.46. The van der Waals surface area contributed by atoms with E-state index < -0.39 is 6.09 Å². The van der Waals surface area contributed by atoms with E-state index in [4.69, 9.17) is 16.3 Å². The Labute approximate surface area is 217 Å². The number of ether oxygens (including phenoxy) is 1. The second-order valence-corrected chi connectivity index (χ2v) is 8.28. The van der Waals surface area contributed by atoms with Crippen molar-refractivity contribution in [1.29, 1.82) is 0 Å². The number of halogens is 1. The van der Waals surface area contributed by atoms with Crippen LogP contribution in [0.15, 0.2) is 79.4 Å². The summed E-state index contributed by atoms with van der Waals surface area (Å²) in [6.45, 7) is 1.03. The molecule has 0 aliphatic rings. The molecular formula is C25H24ClN7O4. The van der Waals surface area contributed by atoms with Gasteiger partial charge in [-0.05, 0) is 54.1 Å². The summed E-state index contributed by atoms with van der Waals surface area (Å²) in [5.74, 6) is 0.102. The first kappa shape index (κ1) is 25.6. The molecule has 0 aliphatic heterocycles. The molecule has 1 N–H and O–H groups in total. The maximum atomic E-state index is 13.6. The van der Waals surface area contributed by atoms with Crippen LogP contribution in [0.3, 0.4) is 0 Å². The SMILES string of the molecule is O=C(O)N(CCOc1cc(Cl)cc(C(=O)N(CCCn2ncnn2)c2ccccc2)c1)c1ccncc1. The summed E-state index contributed by atoms with van der Waals surface area (Å²) in [7, 11) is 0. The van der Waals surface area contributed by atoms with Crippen molar-refractivity contribution in [2.24, 2.45) is 0 Å². The van der Waals surface area contributed by atoms with Crippen molar-refractivity contribution < 1.29 is 19.4 Å². The van der Waals surface area contributed by atoms with Gasteiger partial charge in [-0.2, -0.15) is 4.80 Å². The molecular weight excluding hydrogens is 498 g/mol. The number of amides is 2. The van der Waals surface area contributed by atoms with Gasteiger partial charge < -0.3 is 14.7 Å². The van der Waals surface area contributed by atoms with Crippen LogP contribution in [0.2, 0.25) is 5.02 Å². The molecule has 2 heterocycles. The van der Waals surface area contributed by atoms with E-state index in [1.54, 1.807) is 35.2 Å². The quantitative estimate of drug-likeness (QED) is 0.313. The number of benzene rings is 2. The summed E-state index contributed by atoms with van der Waals surface area (Å²) < 4.78 is 5.79. The molecule has 0 atom stereocenters. The zero-order chi connectivity index (χ0) is 26.0. The van der Waals surface area contributed by atoms with Crippen molar-refractivity contribution in [3.8, 4) is 5.75 Å². The van der Waals surface area contributed by atoms with E-state index in [1.165, 1.54) is 23.5 Å². The molecule has 190 valence electrons. The highest BCUT2D eigenvalue weighted by molar-refractivity contribution is 6.31. The minimum absolute atomic E-state index is 0.0515. The highest BCUT2D eigenvalue weighted by Crippen LogP contribution is 2.25. The Morgan fingerprint density at radius 3 is 2.43 bits per heavy atom. The lowest BCUT2D eigenvalue weighted by Gasteiger charge is -2.23. The van der Waals surface area contributed by atoms with Crippen LogP contribution in [-0.4, -0.2) is 62.0 Å². The van der Waals surface area contributed by atoms with Gasteiger partial charge in [0.05, 0.1) is 18.8 Å². The second kappa shape index (κ2) is 12.5. The molecule has 0 spiro atoms. The smallest absolute Gasteiger partial charge is 0.411 e. The predicted octanol–water partition coefficient (Wildman–Crippen LogP) is 4.02. The Bertz CT molecular complexity index is 1310. The van der Waals surface area contributed by atoms with Crippen LogP contribution in [-0.2, 0) is 6.54 Å². The van der Waals surface area contributed by atoms with Crippen LogP contribution in [0.4, 0.5) is 16.2 Å². The summed E-state index contributed by atoms with van der Waals surface area (Å²) >= 11 is 6.32. The fraction of sp³-hybridized carbons (Fsp3) is 0.200. The van der Waals surface area contributed by atoms with Crippen LogP contribution in [0.5, 0.6) is 5.75 Å². The number of nitrogens with zero attached hydrogens (tertiary/aromatic N) is 7.